The van der Waals surface area contributed by atoms with E-state index in [9.17, 15) is 0 Å². The standard InChI is InChI=1S/C36H22N8/c1-4-12-23(13-5-1)34-40-35(24-14-6-2-7-15-24)42-36(41-34)44-27-19-11-21-38-31(27)33-29(44)22-28-32(39-33)30-26(18-10-20-37-30)43(28)25-16-8-3-9-17-25/h1-22H. The van der Waals surface area contributed by atoms with E-state index in [1.807, 2.05) is 108 Å². The number of hydrogen-bond acceptors (Lipinski definition) is 6. The van der Waals surface area contributed by atoms with Gasteiger partial charge in [0.05, 0.1) is 22.1 Å². The van der Waals surface area contributed by atoms with Crippen LogP contribution < -0.4 is 0 Å². The average molecular weight is 567 g/mol. The fraction of sp³-hybridized carbons (Fsp3) is 0. The van der Waals surface area contributed by atoms with E-state index in [2.05, 4.69) is 28.8 Å². The first-order valence-corrected chi connectivity index (χ1v) is 14.3. The zero-order chi connectivity index (χ0) is 29.0. The molecule has 0 radical (unpaired) electrons. The predicted molar refractivity (Wildman–Crippen MR) is 173 cm³/mol. The molecule has 0 aliphatic carbocycles. The molecule has 6 aromatic heterocycles. The SMILES string of the molecule is c1ccc(-c2nc(-c3ccccc3)nc(-n3c4cccnc4c4nc5c6ncccc6n(-c6ccccc6)c5cc43)n2)cc1. The number of benzene rings is 3. The van der Waals surface area contributed by atoms with Crippen molar-refractivity contribution in [2.45, 2.75) is 0 Å². The van der Waals surface area contributed by atoms with Crippen LogP contribution in [0.4, 0.5) is 0 Å². The van der Waals surface area contributed by atoms with Gasteiger partial charge < -0.3 is 4.57 Å². The molecule has 0 amide bonds. The van der Waals surface area contributed by atoms with Crippen LogP contribution in [-0.4, -0.2) is 39.0 Å². The predicted octanol–water partition coefficient (Wildman–Crippen LogP) is 7.58. The van der Waals surface area contributed by atoms with E-state index in [-0.39, 0.29) is 0 Å². The van der Waals surface area contributed by atoms with Gasteiger partial charge in [0, 0.05) is 29.2 Å². The van der Waals surface area contributed by atoms with Crippen molar-refractivity contribution < 1.29 is 0 Å². The molecule has 9 rings (SSSR count). The molecule has 0 saturated heterocycles. The molecule has 0 saturated carbocycles. The first kappa shape index (κ1) is 24.3. The van der Waals surface area contributed by atoms with Gasteiger partial charge in [-0.25, -0.2) is 9.97 Å². The lowest BCUT2D eigenvalue weighted by atomic mass is 10.2. The topological polar surface area (TPSA) is 87.2 Å². The van der Waals surface area contributed by atoms with E-state index in [4.69, 9.17) is 29.9 Å². The van der Waals surface area contributed by atoms with Gasteiger partial charge in [-0.3, -0.25) is 14.5 Å². The highest BCUT2D eigenvalue weighted by Gasteiger charge is 2.22. The van der Waals surface area contributed by atoms with Gasteiger partial charge in [0.15, 0.2) is 11.6 Å². The summed E-state index contributed by atoms with van der Waals surface area (Å²) in [5, 5.41) is 0. The van der Waals surface area contributed by atoms with Crippen LogP contribution in [0.1, 0.15) is 0 Å². The smallest absolute Gasteiger partial charge is 0.238 e. The van der Waals surface area contributed by atoms with Crippen LogP contribution in [0.2, 0.25) is 0 Å². The lowest BCUT2D eigenvalue weighted by molar-refractivity contribution is 0.952. The second-order valence-corrected chi connectivity index (χ2v) is 10.5. The van der Waals surface area contributed by atoms with Crippen molar-refractivity contribution in [3.8, 4) is 34.4 Å². The highest BCUT2D eigenvalue weighted by Crippen LogP contribution is 2.36. The number of pyridine rings is 3. The fourth-order valence-corrected chi connectivity index (χ4v) is 5.93. The molecule has 0 bridgehead atoms. The van der Waals surface area contributed by atoms with Crippen molar-refractivity contribution in [1.29, 1.82) is 0 Å². The molecular formula is C36H22N8. The Hall–Kier alpha value is -6.28. The Morgan fingerprint density at radius 2 is 0.886 bits per heavy atom. The molecule has 206 valence electrons. The van der Waals surface area contributed by atoms with E-state index < -0.39 is 0 Å². The van der Waals surface area contributed by atoms with Gasteiger partial charge in [-0.1, -0.05) is 78.9 Å². The van der Waals surface area contributed by atoms with Crippen molar-refractivity contribution >= 4 is 44.1 Å². The minimum atomic E-state index is 0.493. The molecular weight excluding hydrogens is 544 g/mol. The van der Waals surface area contributed by atoms with E-state index in [0.29, 0.717) is 17.6 Å². The second kappa shape index (κ2) is 9.64. The summed E-state index contributed by atoms with van der Waals surface area (Å²) >= 11 is 0. The summed E-state index contributed by atoms with van der Waals surface area (Å²) < 4.78 is 4.25. The van der Waals surface area contributed by atoms with Gasteiger partial charge in [-0.15, -0.1) is 0 Å². The lowest BCUT2D eigenvalue weighted by Crippen LogP contribution is -2.06. The Labute approximate surface area is 251 Å². The molecule has 0 aliphatic heterocycles. The first-order valence-electron chi connectivity index (χ1n) is 14.3. The van der Waals surface area contributed by atoms with Crippen molar-refractivity contribution in [2.75, 3.05) is 0 Å². The van der Waals surface area contributed by atoms with Crippen LogP contribution in [0.25, 0.3) is 78.5 Å². The molecule has 0 aliphatic rings. The third-order valence-corrected chi connectivity index (χ3v) is 7.87. The van der Waals surface area contributed by atoms with E-state index in [1.54, 1.807) is 6.20 Å². The zero-order valence-corrected chi connectivity index (χ0v) is 23.3. The molecule has 0 N–H and O–H groups in total. The summed E-state index contributed by atoms with van der Waals surface area (Å²) in [5.74, 6) is 1.67. The summed E-state index contributed by atoms with van der Waals surface area (Å²) in [5.41, 5.74) is 9.63. The van der Waals surface area contributed by atoms with Crippen molar-refractivity contribution in [2.24, 2.45) is 0 Å². The Kier molecular flexibility index (Phi) is 5.33. The molecule has 6 heterocycles. The average Bonchev–Trinajstić information content (AvgIpc) is 3.60. The van der Waals surface area contributed by atoms with Gasteiger partial charge in [-0.05, 0) is 42.5 Å². The third-order valence-electron chi connectivity index (χ3n) is 7.87. The Morgan fingerprint density at radius 1 is 0.386 bits per heavy atom. The van der Waals surface area contributed by atoms with E-state index >= 15 is 0 Å². The number of hydrogen-bond donors (Lipinski definition) is 0. The Morgan fingerprint density at radius 3 is 1.45 bits per heavy atom. The van der Waals surface area contributed by atoms with Gasteiger partial charge in [0.1, 0.15) is 22.1 Å². The number of rotatable bonds is 4. The Balaban J connectivity index is 1.41. The molecule has 8 nitrogen and oxygen atoms in total. The van der Waals surface area contributed by atoms with Crippen LogP contribution >= 0.6 is 0 Å². The van der Waals surface area contributed by atoms with Crippen LogP contribution in [0.3, 0.4) is 0 Å². The summed E-state index contributed by atoms with van der Waals surface area (Å²) in [6.07, 6.45) is 3.60. The molecule has 3 aromatic carbocycles. The maximum atomic E-state index is 5.25. The highest BCUT2D eigenvalue weighted by atomic mass is 15.2. The van der Waals surface area contributed by atoms with Crippen LogP contribution in [0, 0.1) is 0 Å². The molecule has 8 heteroatoms. The monoisotopic (exact) mass is 566 g/mol. The quantitative estimate of drug-likeness (QED) is 0.218. The molecule has 44 heavy (non-hydrogen) atoms. The highest BCUT2D eigenvalue weighted by molar-refractivity contribution is 6.13. The van der Waals surface area contributed by atoms with Gasteiger partial charge in [0.25, 0.3) is 0 Å². The van der Waals surface area contributed by atoms with Crippen LogP contribution in [0.15, 0.2) is 134 Å². The molecule has 9 aromatic rings. The molecule has 0 unspecified atom stereocenters. The minimum absolute atomic E-state index is 0.493. The number of nitrogens with zero attached hydrogens (tertiary/aromatic N) is 8. The Bertz CT molecular complexity index is 2430. The normalized spacial score (nSPS) is 11.6. The number of fused-ring (bicyclic) bond motifs is 6. The minimum Gasteiger partial charge on any atom is -0.306 e. The van der Waals surface area contributed by atoms with E-state index in [0.717, 1.165) is 60.9 Å². The largest absolute Gasteiger partial charge is 0.306 e. The van der Waals surface area contributed by atoms with Crippen LogP contribution in [0.5, 0.6) is 0 Å². The second-order valence-electron chi connectivity index (χ2n) is 10.5. The summed E-state index contributed by atoms with van der Waals surface area (Å²) in [6, 6.07) is 40.4. The third kappa shape index (κ3) is 3.71. The fourth-order valence-electron chi connectivity index (χ4n) is 5.93. The van der Waals surface area contributed by atoms with Gasteiger partial charge in [0.2, 0.25) is 5.95 Å². The summed E-state index contributed by atoms with van der Waals surface area (Å²) in [7, 11) is 0. The summed E-state index contributed by atoms with van der Waals surface area (Å²) in [6.45, 7) is 0. The maximum Gasteiger partial charge on any atom is 0.238 e. The molecule has 0 fully saturated rings. The van der Waals surface area contributed by atoms with Gasteiger partial charge in [-0.2, -0.15) is 9.97 Å². The molecule has 0 spiro atoms. The lowest BCUT2D eigenvalue weighted by Gasteiger charge is -2.11. The van der Waals surface area contributed by atoms with Crippen molar-refractivity contribution in [3.05, 3.63) is 134 Å². The van der Waals surface area contributed by atoms with Crippen LogP contribution in [-0.2, 0) is 0 Å². The van der Waals surface area contributed by atoms with E-state index in [1.165, 1.54) is 0 Å². The maximum absolute atomic E-state index is 5.25. The molecule has 0 atom stereocenters. The number of aromatic nitrogens is 8. The number of para-hydroxylation sites is 1. The zero-order valence-electron chi connectivity index (χ0n) is 23.3. The van der Waals surface area contributed by atoms with Gasteiger partial charge >= 0.3 is 0 Å². The summed E-state index contributed by atoms with van der Waals surface area (Å²) in [4.78, 5) is 29.8. The van der Waals surface area contributed by atoms with Crippen molar-refractivity contribution in [3.63, 3.8) is 0 Å². The van der Waals surface area contributed by atoms with Crippen molar-refractivity contribution in [1.82, 2.24) is 39.0 Å². The first-order chi connectivity index (χ1) is 21.8.